The van der Waals surface area contributed by atoms with E-state index in [1.165, 1.54) is 21.9 Å². The SMILES string of the molecule is NC(=O)c1cc([C@@H]2CC[C@@H]3CN2C(=O)N3OS(=O)(=O)ON2C(=O)N3C[C@H]2CC[C@H]3c2cc(C(N)=O)on2)no1. The van der Waals surface area contributed by atoms with Gasteiger partial charge in [0.25, 0.3) is 11.8 Å². The molecule has 39 heavy (non-hydrogen) atoms. The molecule has 4 aliphatic rings. The Balaban J connectivity index is 1.13. The molecule has 4 N–H and O–H groups in total. The Bertz CT molecular complexity index is 1370. The van der Waals surface area contributed by atoms with E-state index < -0.39 is 58.4 Å². The Hall–Kier alpha value is -4.23. The molecule has 0 spiro atoms. The minimum Gasteiger partial charge on any atom is -0.363 e. The maximum absolute atomic E-state index is 13.0. The van der Waals surface area contributed by atoms with Crippen LogP contribution in [0.25, 0.3) is 0 Å². The van der Waals surface area contributed by atoms with Gasteiger partial charge in [-0.3, -0.25) is 9.59 Å². The first-order valence-electron chi connectivity index (χ1n) is 11.9. The van der Waals surface area contributed by atoms with Crippen LogP contribution in [0.15, 0.2) is 21.2 Å². The predicted molar refractivity (Wildman–Crippen MR) is 121 cm³/mol. The number of piperidine rings is 2. The summed E-state index contributed by atoms with van der Waals surface area (Å²) in [7, 11) is -4.90. The molecule has 0 saturated carbocycles. The molecule has 4 bridgehead atoms. The number of aromatic nitrogens is 2. The summed E-state index contributed by atoms with van der Waals surface area (Å²) in [6, 6.07) is -1.24. The van der Waals surface area contributed by atoms with Gasteiger partial charge in [-0.15, -0.1) is 8.57 Å². The van der Waals surface area contributed by atoms with Gasteiger partial charge in [0.05, 0.1) is 24.2 Å². The van der Waals surface area contributed by atoms with Crippen molar-refractivity contribution in [2.24, 2.45) is 11.5 Å². The molecule has 0 aliphatic carbocycles. The summed E-state index contributed by atoms with van der Waals surface area (Å²) < 4.78 is 45.6. The molecule has 19 heteroatoms. The molecule has 18 nitrogen and oxygen atoms in total. The van der Waals surface area contributed by atoms with E-state index in [9.17, 15) is 27.6 Å². The Kier molecular flexibility index (Phi) is 5.73. The third-order valence-corrected chi connectivity index (χ3v) is 7.90. The fourth-order valence-electron chi connectivity index (χ4n) is 5.41. The summed E-state index contributed by atoms with van der Waals surface area (Å²) in [6.07, 6.45) is 1.49. The number of hydroxylamine groups is 4. The summed E-state index contributed by atoms with van der Waals surface area (Å²) >= 11 is 0. The maximum Gasteiger partial charge on any atom is 0.442 e. The maximum atomic E-state index is 13.0. The van der Waals surface area contributed by atoms with Crippen LogP contribution in [-0.2, 0) is 19.0 Å². The second kappa shape index (κ2) is 8.92. The fourth-order valence-corrected chi connectivity index (χ4v) is 6.20. The first-order valence-corrected chi connectivity index (χ1v) is 13.2. The number of rotatable bonds is 8. The minimum atomic E-state index is -4.90. The van der Waals surface area contributed by atoms with Gasteiger partial charge >= 0.3 is 22.5 Å². The molecule has 2 aromatic heterocycles. The van der Waals surface area contributed by atoms with Crippen LogP contribution in [0.1, 0.15) is 70.3 Å². The van der Waals surface area contributed by atoms with Crippen molar-refractivity contribution >= 4 is 34.3 Å². The van der Waals surface area contributed by atoms with Crippen molar-refractivity contribution in [3.05, 3.63) is 35.0 Å². The zero-order valence-electron chi connectivity index (χ0n) is 20.0. The Labute approximate surface area is 219 Å². The van der Waals surface area contributed by atoms with Crippen molar-refractivity contribution in [3.8, 4) is 0 Å². The standard InChI is InChI=1S/C20H22N8O10S/c21-17(29)15-5-11(23-35-15)13-3-1-9-7-25(13)19(31)27(9)37-39(33,34)38-28-10-2-4-14(26(8-10)20(28)32)12-6-16(18(22)30)36-24-12/h5-6,9-10,13-14H,1-4,7-8H2,(H2,21,29)(H2,22,30)/t9-,10-,13+,14+/m1/s1. The van der Waals surface area contributed by atoms with E-state index in [-0.39, 0.29) is 24.6 Å². The van der Waals surface area contributed by atoms with E-state index >= 15 is 0 Å². The molecule has 0 aromatic carbocycles. The van der Waals surface area contributed by atoms with Gasteiger partial charge in [-0.25, -0.2) is 9.59 Å². The van der Waals surface area contributed by atoms with E-state index in [0.717, 1.165) is 0 Å². The molecule has 4 atom stereocenters. The van der Waals surface area contributed by atoms with Crippen molar-refractivity contribution in [1.82, 2.24) is 30.2 Å². The third kappa shape index (κ3) is 4.23. The number of amides is 6. The highest BCUT2D eigenvalue weighted by atomic mass is 32.3. The molecule has 0 radical (unpaired) electrons. The highest BCUT2D eigenvalue weighted by Crippen LogP contribution is 2.40. The van der Waals surface area contributed by atoms with Gasteiger partial charge in [0.2, 0.25) is 11.5 Å². The van der Waals surface area contributed by atoms with Crippen molar-refractivity contribution in [2.45, 2.75) is 49.9 Å². The molecule has 4 fully saturated rings. The molecule has 0 unspecified atom stereocenters. The van der Waals surface area contributed by atoms with Crippen LogP contribution < -0.4 is 11.5 Å². The van der Waals surface area contributed by atoms with E-state index in [2.05, 4.69) is 10.3 Å². The summed E-state index contributed by atoms with van der Waals surface area (Å²) in [4.78, 5) is 51.4. The van der Waals surface area contributed by atoms with Gasteiger partial charge in [-0.2, -0.15) is 18.5 Å². The molecule has 2 aromatic rings. The molecule has 208 valence electrons. The van der Waals surface area contributed by atoms with E-state index in [1.54, 1.807) is 0 Å². The van der Waals surface area contributed by atoms with Crippen molar-refractivity contribution in [3.63, 3.8) is 0 Å². The molecule has 4 aliphatic heterocycles. The second-order valence-electron chi connectivity index (χ2n) is 9.53. The van der Waals surface area contributed by atoms with Crippen LogP contribution in [-0.4, -0.2) is 87.7 Å². The van der Waals surface area contributed by atoms with Crippen LogP contribution >= 0.6 is 0 Å². The molecular weight excluding hydrogens is 544 g/mol. The zero-order valence-corrected chi connectivity index (χ0v) is 20.9. The fraction of sp³-hybridized carbons (Fsp3) is 0.500. The highest BCUT2D eigenvalue weighted by molar-refractivity contribution is 7.81. The van der Waals surface area contributed by atoms with Crippen molar-refractivity contribution in [1.29, 1.82) is 0 Å². The van der Waals surface area contributed by atoms with Crippen molar-refractivity contribution < 1.29 is 45.2 Å². The minimum absolute atomic E-state index is 0.128. The van der Waals surface area contributed by atoms with Crippen LogP contribution in [0.2, 0.25) is 0 Å². The number of carbonyl (C=O) groups is 4. The number of primary amides is 2. The van der Waals surface area contributed by atoms with Crippen LogP contribution in [0.4, 0.5) is 9.59 Å². The summed E-state index contributed by atoms with van der Waals surface area (Å²) in [5.74, 6) is -1.97. The number of hydrogen-bond donors (Lipinski definition) is 2. The topological polar surface area (TPSA) is 238 Å². The molecule has 6 heterocycles. The monoisotopic (exact) mass is 566 g/mol. The Morgan fingerprint density at radius 2 is 1.21 bits per heavy atom. The number of carbonyl (C=O) groups excluding carboxylic acids is 4. The van der Waals surface area contributed by atoms with Gasteiger partial charge in [0, 0.05) is 25.2 Å². The normalized spacial score (nSPS) is 26.6. The first kappa shape index (κ1) is 25.1. The largest absolute Gasteiger partial charge is 0.442 e. The number of urea groups is 2. The van der Waals surface area contributed by atoms with Crippen LogP contribution in [0, 0.1) is 0 Å². The second-order valence-corrected chi connectivity index (χ2v) is 10.6. The lowest BCUT2D eigenvalue weighted by Crippen LogP contribution is -2.41. The van der Waals surface area contributed by atoms with Crippen LogP contribution in [0.3, 0.4) is 0 Å². The molecular formula is C20H22N8O10S. The average molecular weight is 567 g/mol. The van der Waals surface area contributed by atoms with E-state index in [1.807, 2.05) is 0 Å². The number of hydrogen-bond acceptors (Lipinski definition) is 12. The average Bonchev–Trinajstić information content (AvgIpc) is 3.67. The first-order chi connectivity index (χ1) is 18.5. The quantitative estimate of drug-likeness (QED) is 0.413. The van der Waals surface area contributed by atoms with Gasteiger partial charge in [-0.05, 0) is 25.7 Å². The van der Waals surface area contributed by atoms with Gasteiger partial charge in [-0.1, -0.05) is 10.3 Å². The van der Waals surface area contributed by atoms with Gasteiger partial charge in [0.1, 0.15) is 11.4 Å². The van der Waals surface area contributed by atoms with Crippen LogP contribution in [0.5, 0.6) is 0 Å². The molecule has 6 rings (SSSR count). The third-order valence-electron chi connectivity index (χ3n) is 7.21. The Morgan fingerprint density at radius 1 is 0.795 bits per heavy atom. The summed E-state index contributed by atoms with van der Waals surface area (Å²) in [5.41, 5.74) is 11.0. The Morgan fingerprint density at radius 3 is 1.56 bits per heavy atom. The van der Waals surface area contributed by atoms with E-state index in [0.29, 0.717) is 47.2 Å². The van der Waals surface area contributed by atoms with Gasteiger partial charge < -0.3 is 30.3 Å². The molecule has 4 saturated heterocycles. The van der Waals surface area contributed by atoms with Gasteiger partial charge in [0.15, 0.2) is 0 Å². The number of fused-ring (bicyclic) bond motifs is 4. The van der Waals surface area contributed by atoms with Crippen molar-refractivity contribution in [2.75, 3.05) is 13.1 Å². The zero-order chi connectivity index (χ0) is 27.6. The lowest BCUT2D eigenvalue weighted by Gasteiger charge is -2.28. The van der Waals surface area contributed by atoms with E-state index in [4.69, 9.17) is 29.1 Å². The lowest BCUT2D eigenvalue weighted by molar-refractivity contribution is -0.0841. The number of nitrogens with two attached hydrogens (primary N) is 2. The summed E-state index contributed by atoms with van der Waals surface area (Å²) in [6.45, 7) is 0.257. The predicted octanol–water partition coefficient (Wildman–Crippen LogP) is -0.449. The lowest BCUT2D eigenvalue weighted by atomic mass is 9.98. The summed E-state index contributed by atoms with van der Waals surface area (Å²) in [5, 5.41) is 9.00. The number of nitrogens with zero attached hydrogens (tertiary/aromatic N) is 6. The molecule has 6 amide bonds. The highest BCUT2D eigenvalue weighted by Gasteiger charge is 2.52. The smallest absolute Gasteiger partial charge is 0.363 e.